The topological polar surface area (TPSA) is 52.6 Å². The van der Waals surface area contributed by atoms with Gasteiger partial charge in [0.05, 0.1) is 0 Å². The van der Waals surface area contributed by atoms with Gasteiger partial charge in [-0.2, -0.15) is 0 Å². The molecule has 5 nitrogen and oxygen atoms in total. The van der Waals surface area contributed by atoms with Crippen LogP contribution in [0.25, 0.3) is 0 Å². The number of esters is 2. The molecule has 0 N–H and O–H groups in total. The molecule has 0 aromatic heterocycles. The van der Waals surface area contributed by atoms with Gasteiger partial charge in [0.1, 0.15) is 23.8 Å². The number of halogens is 1. The van der Waals surface area contributed by atoms with Crippen molar-refractivity contribution in [1.29, 1.82) is 0 Å². The molecule has 1 atom stereocenters. The number of ether oxygens (including phenoxy) is 2. The zero-order valence-electron chi connectivity index (χ0n) is 15.7. The Hall–Kier alpha value is -0.620. The molecule has 1 heterocycles. The van der Waals surface area contributed by atoms with Crippen molar-refractivity contribution in [2.45, 2.75) is 72.6 Å². The minimum absolute atomic E-state index is 0. The van der Waals surface area contributed by atoms with Crippen LogP contribution in [0.2, 0.25) is 0 Å². The zero-order valence-corrected chi connectivity index (χ0v) is 17.3. The molecule has 0 bridgehead atoms. The van der Waals surface area contributed by atoms with E-state index in [1.54, 1.807) is 0 Å². The molecule has 0 radical (unpaired) electrons. The van der Waals surface area contributed by atoms with Gasteiger partial charge in [0.25, 0.3) is 0 Å². The van der Waals surface area contributed by atoms with Crippen LogP contribution in [0.4, 0.5) is 0 Å². The maximum absolute atomic E-state index is 12.2. The number of nitrogens with zero attached hydrogens (tertiary/aromatic N) is 1. The number of hydrogen-bond donors (Lipinski definition) is 0. The van der Waals surface area contributed by atoms with Gasteiger partial charge in [-0.05, 0) is 41.5 Å². The molecule has 0 aliphatic carbocycles. The highest BCUT2D eigenvalue weighted by atomic mass is 79.9. The standard InChI is InChI=1S/C17H32NO4.BrH/c1-12(2)13-9-18(13,10-14(19)21-16(3,4)5)11-15(20)22-17(6,7)8;/h12-13H,9-11H2,1-8H3;1H/q+1;/p-1/t13-;/m1./s1. The Labute approximate surface area is 151 Å². The lowest BCUT2D eigenvalue weighted by atomic mass is 10.1. The molecule has 0 aromatic rings. The number of carbonyl (C=O) groups excluding carboxylic acids is 2. The molecule has 23 heavy (non-hydrogen) atoms. The Kier molecular flexibility index (Phi) is 7.31. The molecule has 6 heteroatoms. The predicted molar refractivity (Wildman–Crippen MR) is 85.2 cm³/mol. The van der Waals surface area contributed by atoms with E-state index in [0.29, 0.717) is 16.4 Å². The van der Waals surface area contributed by atoms with Gasteiger partial charge in [0.2, 0.25) is 0 Å². The van der Waals surface area contributed by atoms with E-state index in [1.807, 2.05) is 41.5 Å². The first kappa shape index (κ1) is 22.4. The predicted octanol–water partition coefficient (Wildman–Crippen LogP) is -0.471. The Bertz CT molecular complexity index is 405. The Morgan fingerprint density at radius 1 is 0.957 bits per heavy atom. The Morgan fingerprint density at radius 3 is 1.52 bits per heavy atom. The van der Waals surface area contributed by atoms with E-state index in [9.17, 15) is 9.59 Å². The second-order valence-electron chi connectivity index (χ2n) is 8.70. The number of hydrogen-bond acceptors (Lipinski definition) is 4. The van der Waals surface area contributed by atoms with Crippen LogP contribution in [0.3, 0.4) is 0 Å². The average Bonchev–Trinajstić information content (AvgIpc) is 2.84. The van der Waals surface area contributed by atoms with E-state index in [4.69, 9.17) is 9.47 Å². The van der Waals surface area contributed by atoms with Crippen LogP contribution < -0.4 is 17.0 Å². The Balaban J connectivity index is 0.00000484. The average molecular weight is 394 g/mol. The lowest BCUT2D eigenvalue weighted by Gasteiger charge is -2.26. The van der Waals surface area contributed by atoms with E-state index in [-0.39, 0.29) is 42.0 Å². The molecule has 1 aliphatic rings. The molecular formula is C17H32BrNO4. The van der Waals surface area contributed by atoms with Gasteiger partial charge >= 0.3 is 11.9 Å². The summed E-state index contributed by atoms with van der Waals surface area (Å²) in [5.41, 5.74) is -1.01. The lowest BCUT2D eigenvalue weighted by Crippen LogP contribution is -3.00. The first-order chi connectivity index (χ1) is 9.74. The molecule has 0 aromatic carbocycles. The third-order valence-corrected chi connectivity index (χ3v) is 3.62. The van der Waals surface area contributed by atoms with Crippen LogP contribution >= 0.6 is 0 Å². The first-order valence-corrected chi connectivity index (χ1v) is 8.04. The van der Waals surface area contributed by atoms with Gasteiger partial charge in [-0.3, -0.25) is 4.48 Å². The second kappa shape index (κ2) is 7.51. The summed E-state index contributed by atoms with van der Waals surface area (Å²) >= 11 is 0. The van der Waals surface area contributed by atoms with Gasteiger partial charge < -0.3 is 26.5 Å². The molecule has 0 saturated carbocycles. The molecule has 0 spiro atoms. The molecule has 1 fully saturated rings. The van der Waals surface area contributed by atoms with Crippen LogP contribution in [0.15, 0.2) is 0 Å². The summed E-state index contributed by atoms with van der Waals surface area (Å²) in [7, 11) is 0. The third kappa shape index (κ3) is 7.66. The largest absolute Gasteiger partial charge is 1.00 e. The highest BCUT2D eigenvalue weighted by molar-refractivity contribution is 5.74. The van der Waals surface area contributed by atoms with Crippen molar-refractivity contribution in [2.75, 3.05) is 19.6 Å². The van der Waals surface area contributed by atoms with Crippen LogP contribution in [0.5, 0.6) is 0 Å². The minimum atomic E-state index is -0.504. The first-order valence-electron chi connectivity index (χ1n) is 8.04. The van der Waals surface area contributed by atoms with Crippen molar-refractivity contribution in [1.82, 2.24) is 0 Å². The highest BCUT2D eigenvalue weighted by Crippen LogP contribution is 2.36. The second-order valence-corrected chi connectivity index (χ2v) is 8.70. The molecule has 136 valence electrons. The van der Waals surface area contributed by atoms with Gasteiger partial charge in [0, 0.05) is 5.92 Å². The van der Waals surface area contributed by atoms with Crippen LogP contribution in [0, 0.1) is 5.92 Å². The monoisotopic (exact) mass is 393 g/mol. The molecular weight excluding hydrogens is 362 g/mol. The number of carbonyl (C=O) groups is 2. The SMILES string of the molecule is CC(C)[C@H]1C[N+]1(CC(=O)OC(C)(C)C)CC(=O)OC(C)(C)C.[Br-]. The van der Waals surface area contributed by atoms with Crippen LogP contribution in [0.1, 0.15) is 55.4 Å². The molecule has 0 amide bonds. The summed E-state index contributed by atoms with van der Waals surface area (Å²) in [5, 5.41) is 0. The minimum Gasteiger partial charge on any atom is -1.00 e. The van der Waals surface area contributed by atoms with E-state index in [1.165, 1.54) is 0 Å². The third-order valence-electron chi connectivity index (χ3n) is 3.62. The fraction of sp³-hybridized carbons (Fsp3) is 0.882. The summed E-state index contributed by atoms with van der Waals surface area (Å²) in [6.45, 7) is 16.7. The van der Waals surface area contributed by atoms with Gasteiger partial charge in [-0.25, -0.2) is 9.59 Å². The summed E-state index contributed by atoms with van der Waals surface area (Å²) < 4.78 is 11.3. The highest BCUT2D eigenvalue weighted by Gasteiger charge is 2.59. The van der Waals surface area contributed by atoms with Crippen molar-refractivity contribution in [3.63, 3.8) is 0 Å². The zero-order chi connectivity index (χ0) is 17.3. The summed E-state index contributed by atoms with van der Waals surface area (Å²) in [4.78, 5) is 24.3. The lowest BCUT2D eigenvalue weighted by molar-refractivity contribution is -0.800. The Morgan fingerprint density at radius 2 is 1.30 bits per heavy atom. The quantitative estimate of drug-likeness (QED) is 0.360. The van der Waals surface area contributed by atoms with E-state index in [2.05, 4.69) is 13.8 Å². The molecule has 0 unspecified atom stereocenters. The van der Waals surface area contributed by atoms with Crippen molar-refractivity contribution in [3.8, 4) is 0 Å². The summed E-state index contributed by atoms with van der Waals surface area (Å²) in [5.74, 6) is -0.0803. The van der Waals surface area contributed by atoms with Gasteiger partial charge in [-0.1, -0.05) is 13.8 Å². The summed E-state index contributed by atoms with van der Waals surface area (Å²) in [6.07, 6.45) is 0. The molecule has 1 rings (SSSR count). The summed E-state index contributed by atoms with van der Waals surface area (Å²) in [6, 6.07) is 0.319. The normalized spacial score (nSPS) is 19.8. The fourth-order valence-electron chi connectivity index (χ4n) is 2.85. The fourth-order valence-corrected chi connectivity index (χ4v) is 2.85. The smallest absolute Gasteiger partial charge is 0.362 e. The van der Waals surface area contributed by atoms with E-state index < -0.39 is 11.2 Å². The van der Waals surface area contributed by atoms with Crippen molar-refractivity contribution < 1.29 is 40.5 Å². The molecule has 1 aliphatic heterocycles. The van der Waals surface area contributed by atoms with Gasteiger partial charge in [-0.15, -0.1) is 0 Å². The van der Waals surface area contributed by atoms with E-state index >= 15 is 0 Å². The van der Waals surface area contributed by atoms with E-state index in [0.717, 1.165) is 6.54 Å². The van der Waals surface area contributed by atoms with Crippen molar-refractivity contribution in [2.24, 2.45) is 5.92 Å². The van der Waals surface area contributed by atoms with Crippen molar-refractivity contribution in [3.05, 3.63) is 0 Å². The van der Waals surface area contributed by atoms with Crippen LogP contribution in [-0.4, -0.2) is 53.3 Å². The van der Waals surface area contributed by atoms with Crippen LogP contribution in [-0.2, 0) is 19.1 Å². The number of quaternary nitrogens is 1. The maximum atomic E-state index is 12.2. The maximum Gasteiger partial charge on any atom is 0.362 e. The van der Waals surface area contributed by atoms with Gasteiger partial charge in [0.15, 0.2) is 13.1 Å². The number of rotatable bonds is 5. The van der Waals surface area contributed by atoms with Crippen molar-refractivity contribution >= 4 is 11.9 Å². The molecule has 1 saturated heterocycles.